The molecule has 0 bridgehead atoms. The molecule has 1 aromatic heterocycles. The van der Waals surface area contributed by atoms with E-state index >= 15 is 0 Å². The van der Waals surface area contributed by atoms with Crippen LogP contribution in [0.2, 0.25) is 0 Å². The lowest BCUT2D eigenvalue weighted by atomic mass is 9.80. The number of nitrogens with two attached hydrogens (primary N) is 1. The number of carbonyl (C=O) groups excluding carboxylic acids is 4. The number of thiazole rings is 1. The minimum absolute atomic E-state index is 0.0119. The molecule has 9 nitrogen and oxygen atoms in total. The number of carbonyl (C=O) groups is 4. The van der Waals surface area contributed by atoms with Crippen LogP contribution in [0.5, 0.6) is 0 Å². The number of nitrogens with zero attached hydrogens (tertiary/aromatic N) is 3. The number of nitrogens with one attached hydrogen (secondary N) is 1. The zero-order valence-corrected chi connectivity index (χ0v) is 22.3. The van der Waals surface area contributed by atoms with Gasteiger partial charge in [-0.2, -0.15) is 0 Å². The SMILES string of the molecule is NC1CCC(C(NC(=O)C2CC[C@H]3CN(C(=O)CCc4ccccc4)CC(=O)N23)C(=O)c2nccs2)CC1. The second-order valence-electron chi connectivity index (χ2n) is 10.7. The Morgan fingerprint density at radius 3 is 2.55 bits per heavy atom. The predicted octanol–water partition coefficient (Wildman–Crippen LogP) is 2.16. The lowest BCUT2D eigenvalue weighted by Crippen LogP contribution is -2.61. The van der Waals surface area contributed by atoms with Crippen LogP contribution in [-0.4, -0.2) is 75.5 Å². The normalized spacial score (nSPS) is 26.1. The van der Waals surface area contributed by atoms with Crippen LogP contribution in [-0.2, 0) is 20.8 Å². The van der Waals surface area contributed by atoms with Gasteiger partial charge in [-0.25, -0.2) is 4.98 Å². The molecule has 3 atom stereocenters. The van der Waals surface area contributed by atoms with E-state index in [1.54, 1.807) is 21.4 Å². The smallest absolute Gasteiger partial charge is 0.243 e. The Morgan fingerprint density at radius 2 is 1.84 bits per heavy atom. The molecule has 2 aromatic rings. The third-order valence-electron chi connectivity index (χ3n) is 8.18. The van der Waals surface area contributed by atoms with Crippen LogP contribution < -0.4 is 11.1 Å². The highest BCUT2D eigenvalue weighted by Gasteiger charge is 2.46. The Kier molecular flexibility index (Phi) is 8.18. The minimum Gasteiger partial charge on any atom is -0.344 e. The van der Waals surface area contributed by atoms with Crippen LogP contribution >= 0.6 is 11.3 Å². The van der Waals surface area contributed by atoms with E-state index in [1.807, 2.05) is 30.3 Å². The Bertz CT molecular complexity index is 1150. The molecule has 1 saturated carbocycles. The molecular formula is C28H35N5O4S. The van der Waals surface area contributed by atoms with E-state index in [0.717, 1.165) is 31.2 Å². The summed E-state index contributed by atoms with van der Waals surface area (Å²) in [5, 5.41) is 5.16. The van der Waals surface area contributed by atoms with Crippen molar-refractivity contribution in [2.45, 2.75) is 75.5 Å². The summed E-state index contributed by atoms with van der Waals surface area (Å²) in [6.07, 6.45) is 6.88. The van der Waals surface area contributed by atoms with E-state index < -0.39 is 12.1 Å². The first-order chi connectivity index (χ1) is 18.4. The number of rotatable bonds is 8. The average Bonchev–Trinajstić information content (AvgIpc) is 3.62. The summed E-state index contributed by atoms with van der Waals surface area (Å²) < 4.78 is 0. The minimum atomic E-state index is -0.684. The molecule has 5 rings (SSSR count). The van der Waals surface area contributed by atoms with Gasteiger partial charge in [0.1, 0.15) is 6.04 Å². The molecule has 2 unspecified atom stereocenters. The largest absolute Gasteiger partial charge is 0.344 e. The van der Waals surface area contributed by atoms with Gasteiger partial charge in [0.2, 0.25) is 23.5 Å². The van der Waals surface area contributed by atoms with Gasteiger partial charge in [-0.05, 0) is 56.4 Å². The molecule has 202 valence electrons. The lowest BCUT2D eigenvalue weighted by Gasteiger charge is -2.40. The van der Waals surface area contributed by atoms with Crippen LogP contribution in [0.1, 0.15) is 60.3 Å². The summed E-state index contributed by atoms with van der Waals surface area (Å²) in [6, 6.07) is 8.44. The average molecular weight is 538 g/mol. The fourth-order valence-corrected chi connectivity index (χ4v) is 6.72. The molecule has 3 aliphatic rings. The summed E-state index contributed by atoms with van der Waals surface area (Å²) in [5.74, 6) is -0.738. The molecule has 2 aliphatic heterocycles. The Hall–Kier alpha value is -3.11. The standard InChI is InChI=1S/C28H35N5O4S/c29-20-9-7-19(8-10-20)25(26(36)28-30-14-15-38-28)31-27(37)22-12-11-21-16-32(17-24(35)33(21)22)23(34)13-6-18-4-2-1-3-5-18/h1-5,14-15,19-22,25H,6-13,16-17,29H2,(H,31,37)/t19?,20?,21-,22?,25?/m0/s1. The van der Waals surface area contributed by atoms with Crippen molar-refractivity contribution < 1.29 is 19.2 Å². The first-order valence-electron chi connectivity index (χ1n) is 13.5. The van der Waals surface area contributed by atoms with E-state index in [0.29, 0.717) is 37.2 Å². The third-order valence-corrected chi connectivity index (χ3v) is 8.97. The van der Waals surface area contributed by atoms with Gasteiger partial charge in [0.25, 0.3) is 0 Å². The summed E-state index contributed by atoms with van der Waals surface area (Å²) in [5.41, 5.74) is 7.17. The Labute approximate surface area is 226 Å². The summed E-state index contributed by atoms with van der Waals surface area (Å²) in [7, 11) is 0. The fourth-order valence-electron chi connectivity index (χ4n) is 6.11. The van der Waals surface area contributed by atoms with Crippen molar-refractivity contribution in [2.24, 2.45) is 11.7 Å². The summed E-state index contributed by atoms with van der Waals surface area (Å²) in [6.45, 7) is 0.418. The Morgan fingerprint density at radius 1 is 1.08 bits per heavy atom. The molecule has 3 fully saturated rings. The van der Waals surface area contributed by atoms with Gasteiger partial charge in [0.15, 0.2) is 5.01 Å². The molecule has 3 amide bonds. The third kappa shape index (κ3) is 5.81. The highest BCUT2D eigenvalue weighted by atomic mass is 32.1. The Balaban J connectivity index is 1.22. The number of aryl methyl sites for hydroxylation is 1. The van der Waals surface area contributed by atoms with Gasteiger partial charge in [-0.1, -0.05) is 30.3 Å². The van der Waals surface area contributed by atoms with Gasteiger partial charge in [-0.3, -0.25) is 19.2 Å². The van der Waals surface area contributed by atoms with Crippen LogP contribution in [0, 0.1) is 5.92 Å². The van der Waals surface area contributed by atoms with Crippen LogP contribution in [0.4, 0.5) is 0 Å². The number of fused-ring (bicyclic) bond motifs is 1. The van der Waals surface area contributed by atoms with Crippen molar-refractivity contribution >= 4 is 34.8 Å². The van der Waals surface area contributed by atoms with Crippen LogP contribution in [0.3, 0.4) is 0 Å². The van der Waals surface area contributed by atoms with Crippen molar-refractivity contribution in [3.63, 3.8) is 0 Å². The maximum absolute atomic E-state index is 13.5. The maximum atomic E-state index is 13.5. The van der Waals surface area contributed by atoms with E-state index in [-0.39, 0.29) is 48.1 Å². The lowest BCUT2D eigenvalue weighted by molar-refractivity contribution is -0.151. The van der Waals surface area contributed by atoms with Crippen molar-refractivity contribution in [1.29, 1.82) is 0 Å². The van der Waals surface area contributed by atoms with E-state index in [4.69, 9.17) is 5.73 Å². The maximum Gasteiger partial charge on any atom is 0.243 e. The zero-order chi connectivity index (χ0) is 26.6. The number of aromatic nitrogens is 1. The number of hydrogen-bond donors (Lipinski definition) is 2. The number of amides is 3. The molecule has 2 saturated heterocycles. The number of benzene rings is 1. The quantitative estimate of drug-likeness (QED) is 0.497. The number of piperazine rings is 1. The second-order valence-corrected chi connectivity index (χ2v) is 11.6. The van der Waals surface area contributed by atoms with Gasteiger partial charge >= 0.3 is 0 Å². The number of ketones is 1. The highest BCUT2D eigenvalue weighted by Crippen LogP contribution is 2.31. The topological polar surface area (TPSA) is 126 Å². The van der Waals surface area contributed by atoms with Gasteiger partial charge in [0.05, 0.1) is 18.6 Å². The molecule has 3 N–H and O–H groups in total. The molecule has 0 spiro atoms. The molecule has 0 radical (unpaired) electrons. The fraction of sp³-hybridized carbons (Fsp3) is 0.536. The van der Waals surface area contributed by atoms with Crippen molar-refractivity contribution in [3.8, 4) is 0 Å². The summed E-state index contributed by atoms with van der Waals surface area (Å²) >= 11 is 1.27. The van der Waals surface area contributed by atoms with E-state index in [9.17, 15) is 19.2 Å². The van der Waals surface area contributed by atoms with Gasteiger partial charge < -0.3 is 20.9 Å². The van der Waals surface area contributed by atoms with Crippen molar-refractivity contribution in [1.82, 2.24) is 20.1 Å². The van der Waals surface area contributed by atoms with E-state index in [2.05, 4.69) is 10.3 Å². The van der Waals surface area contributed by atoms with Crippen molar-refractivity contribution in [3.05, 3.63) is 52.5 Å². The molecule has 10 heteroatoms. The molecule has 1 aliphatic carbocycles. The van der Waals surface area contributed by atoms with Gasteiger partial charge in [0, 0.05) is 30.6 Å². The monoisotopic (exact) mass is 537 g/mol. The molecular weight excluding hydrogens is 502 g/mol. The number of Topliss-reactive ketones (excluding diaryl/α,β-unsaturated/α-hetero) is 1. The van der Waals surface area contributed by atoms with E-state index in [1.165, 1.54) is 11.3 Å². The molecule has 38 heavy (non-hydrogen) atoms. The van der Waals surface area contributed by atoms with Gasteiger partial charge in [-0.15, -0.1) is 11.3 Å². The zero-order valence-electron chi connectivity index (χ0n) is 21.5. The first-order valence-corrected chi connectivity index (χ1v) is 14.4. The summed E-state index contributed by atoms with van der Waals surface area (Å²) in [4.78, 5) is 60.4. The van der Waals surface area contributed by atoms with Crippen LogP contribution in [0.25, 0.3) is 0 Å². The van der Waals surface area contributed by atoms with Crippen LogP contribution in [0.15, 0.2) is 41.9 Å². The first kappa shape index (κ1) is 26.5. The predicted molar refractivity (Wildman–Crippen MR) is 143 cm³/mol. The molecule has 1 aromatic carbocycles. The number of hydrogen-bond acceptors (Lipinski definition) is 7. The second kappa shape index (κ2) is 11.7. The molecule has 3 heterocycles. The van der Waals surface area contributed by atoms with Crippen molar-refractivity contribution in [2.75, 3.05) is 13.1 Å². The highest BCUT2D eigenvalue weighted by molar-refractivity contribution is 7.11.